The molecular weight excluding hydrogens is 686 g/mol. The zero-order valence-corrected chi connectivity index (χ0v) is 28.2. The molecule has 1 fully saturated rings. The first kappa shape index (κ1) is 33.2. The van der Waals surface area contributed by atoms with Crippen molar-refractivity contribution in [3.8, 4) is 5.69 Å². The van der Waals surface area contributed by atoms with Gasteiger partial charge in [0, 0.05) is 57.0 Å². The SMILES string of the molecule is Cn1c2nc(Nc3ccc(N4CCN(C(=O)c5cc(Cn6c(=O)[nH]c(=O)c7c(F)cccc76)ccc5F)CC4)cc3)ncc2c(=O)n1-c1cccnc1. The molecule has 53 heavy (non-hydrogen) atoms. The van der Waals surface area contributed by atoms with Gasteiger partial charge in [0.2, 0.25) is 5.95 Å². The van der Waals surface area contributed by atoms with Crippen LogP contribution in [0, 0.1) is 11.6 Å². The van der Waals surface area contributed by atoms with E-state index in [-0.39, 0.29) is 28.6 Å². The van der Waals surface area contributed by atoms with E-state index in [4.69, 9.17) is 0 Å². The third-order valence-corrected chi connectivity index (χ3v) is 9.32. The topological polar surface area (TPSA) is 156 Å². The zero-order valence-electron chi connectivity index (χ0n) is 28.2. The molecule has 14 nitrogen and oxygen atoms in total. The molecule has 0 atom stereocenters. The maximum Gasteiger partial charge on any atom is 0.329 e. The number of hydrogen-bond donors (Lipinski definition) is 2. The van der Waals surface area contributed by atoms with Gasteiger partial charge < -0.3 is 15.1 Å². The third-order valence-electron chi connectivity index (χ3n) is 9.32. The molecule has 7 aromatic rings. The number of piperazine rings is 1. The molecule has 4 aromatic heterocycles. The number of aromatic nitrogens is 7. The molecule has 1 aliphatic heterocycles. The smallest absolute Gasteiger partial charge is 0.329 e. The van der Waals surface area contributed by atoms with Gasteiger partial charge in [-0.3, -0.25) is 33.6 Å². The van der Waals surface area contributed by atoms with Crippen molar-refractivity contribution in [2.45, 2.75) is 6.54 Å². The van der Waals surface area contributed by atoms with Gasteiger partial charge in [-0.05, 0) is 66.2 Å². The van der Waals surface area contributed by atoms with Gasteiger partial charge in [-0.1, -0.05) is 12.1 Å². The van der Waals surface area contributed by atoms with E-state index in [9.17, 15) is 23.6 Å². The van der Waals surface area contributed by atoms with Crippen LogP contribution in [0.5, 0.6) is 0 Å². The van der Waals surface area contributed by atoms with Gasteiger partial charge in [-0.25, -0.2) is 23.2 Å². The van der Waals surface area contributed by atoms with Crippen molar-refractivity contribution in [3.63, 3.8) is 0 Å². The largest absolute Gasteiger partial charge is 0.368 e. The second kappa shape index (κ2) is 13.3. The molecule has 266 valence electrons. The van der Waals surface area contributed by atoms with Gasteiger partial charge in [0.25, 0.3) is 17.0 Å². The van der Waals surface area contributed by atoms with Crippen LogP contribution in [0.15, 0.2) is 106 Å². The van der Waals surface area contributed by atoms with Crippen molar-refractivity contribution >= 4 is 45.2 Å². The minimum Gasteiger partial charge on any atom is -0.368 e. The number of aromatic amines is 1. The molecule has 1 saturated heterocycles. The Morgan fingerprint density at radius 2 is 1.68 bits per heavy atom. The number of nitrogens with one attached hydrogen (secondary N) is 2. The van der Waals surface area contributed by atoms with Crippen molar-refractivity contribution in [2.24, 2.45) is 7.05 Å². The van der Waals surface area contributed by atoms with Crippen molar-refractivity contribution in [2.75, 3.05) is 36.4 Å². The van der Waals surface area contributed by atoms with Gasteiger partial charge in [0.1, 0.15) is 17.0 Å². The molecule has 0 spiro atoms. The van der Waals surface area contributed by atoms with Crippen LogP contribution >= 0.6 is 0 Å². The Balaban J connectivity index is 0.930. The summed E-state index contributed by atoms with van der Waals surface area (Å²) < 4.78 is 33.7. The number of nitrogens with zero attached hydrogens (tertiary/aromatic N) is 8. The Morgan fingerprint density at radius 3 is 2.43 bits per heavy atom. The first-order valence-electron chi connectivity index (χ1n) is 16.6. The fourth-order valence-corrected chi connectivity index (χ4v) is 6.64. The van der Waals surface area contributed by atoms with Crippen LogP contribution in [0.2, 0.25) is 0 Å². The number of hydrogen-bond acceptors (Lipinski definition) is 9. The van der Waals surface area contributed by atoms with Crippen LogP contribution in [0.3, 0.4) is 0 Å². The quantitative estimate of drug-likeness (QED) is 0.252. The Bertz CT molecular complexity index is 2720. The summed E-state index contributed by atoms with van der Waals surface area (Å²) in [6, 6.07) is 19.1. The van der Waals surface area contributed by atoms with Gasteiger partial charge in [-0.2, -0.15) is 4.98 Å². The standard InChI is InChI=1S/C37H30F2N10O4/c1-45-32-27(35(52)49(45)25-4-3-13-40-19-25)20-41-36(43-32)42-23-8-10-24(11-9-23)46-14-16-47(17-15-46)34(51)26-18-22(7-12-28(26)38)21-48-30-6-2-5-29(39)31(30)33(50)44-37(48)53/h2-13,18-20H,14-17,21H2,1H3,(H,41,42,43)(H,44,50,53). The summed E-state index contributed by atoms with van der Waals surface area (Å²) >= 11 is 0. The van der Waals surface area contributed by atoms with Crippen LogP contribution in [0.25, 0.3) is 27.6 Å². The van der Waals surface area contributed by atoms with E-state index in [0.717, 1.165) is 23.5 Å². The van der Waals surface area contributed by atoms with E-state index in [1.54, 1.807) is 41.2 Å². The van der Waals surface area contributed by atoms with Crippen LogP contribution in [-0.2, 0) is 13.6 Å². The van der Waals surface area contributed by atoms with E-state index < -0.39 is 28.8 Å². The highest BCUT2D eigenvalue weighted by Gasteiger charge is 2.25. The summed E-state index contributed by atoms with van der Waals surface area (Å²) in [6.45, 7) is 1.58. The molecule has 16 heteroatoms. The maximum absolute atomic E-state index is 15.0. The Kier molecular flexibility index (Phi) is 8.33. The number of pyridine rings is 1. The first-order valence-corrected chi connectivity index (χ1v) is 16.6. The van der Waals surface area contributed by atoms with Crippen LogP contribution in [0.1, 0.15) is 15.9 Å². The first-order chi connectivity index (χ1) is 25.7. The highest BCUT2D eigenvalue weighted by Crippen LogP contribution is 2.24. The highest BCUT2D eigenvalue weighted by atomic mass is 19.1. The van der Waals surface area contributed by atoms with Crippen molar-refractivity contribution < 1.29 is 13.6 Å². The van der Waals surface area contributed by atoms with Gasteiger partial charge >= 0.3 is 5.69 Å². The van der Waals surface area contributed by atoms with Crippen LogP contribution in [-0.4, -0.2) is 70.9 Å². The monoisotopic (exact) mass is 716 g/mol. The molecule has 0 bridgehead atoms. The number of carbonyl (C=O) groups excluding carboxylic acids is 1. The number of H-pyrrole nitrogens is 1. The van der Waals surface area contributed by atoms with Crippen molar-refractivity contribution in [3.05, 3.63) is 145 Å². The van der Waals surface area contributed by atoms with Crippen LogP contribution < -0.4 is 27.0 Å². The average Bonchev–Trinajstić information content (AvgIpc) is 3.42. The number of anilines is 3. The van der Waals surface area contributed by atoms with Gasteiger partial charge in [0.05, 0.1) is 34.9 Å². The predicted octanol–water partition coefficient (Wildman–Crippen LogP) is 3.55. The number of halogens is 2. The molecule has 0 unspecified atom stereocenters. The van der Waals surface area contributed by atoms with Gasteiger partial charge in [-0.15, -0.1) is 0 Å². The summed E-state index contributed by atoms with van der Waals surface area (Å²) in [6.07, 6.45) is 4.73. The molecular formula is C37H30F2N10O4. The summed E-state index contributed by atoms with van der Waals surface area (Å²) in [5, 5.41) is 3.30. The summed E-state index contributed by atoms with van der Waals surface area (Å²) in [7, 11) is 1.75. The second-order valence-electron chi connectivity index (χ2n) is 12.5. The summed E-state index contributed by atoms with van der Waals surface area (Å²) in [5.74, 6) is -1.64. The lowest BCUT2D eigenvalue weighted by atomic mass is 10.1. The number of carbonyl (C=O) groups is 1. The fraction of sp³-hybridized carbons (Fsp3) is 0.162. The maximum atomic E-state index is 15.0. The molecule has 2 N–H and O–H groups in total. The minimum absolute atomic E-state index is 0.0895. The molecule has 0 saturated carbocycles. The van der Waals surface area contributed by atoms with E-state index >= 15 is 4.39 Å². The fourth-order valence-electron chi connectivity index (χ4n) is 6.64. The van der Waals surface area contributed by atoms with E-state index in [1.807, 2.05) is 24.3 Å². The Morgan fingerprint density at radius 1 is 0.887 bits per heavy atom. The molecule has 0 radical (unpaired) electrons. The summed E-state index contributed by atoms with van der Waals surface area (Å²) in [4.78, 5) is 70.3. The molecule has 1 aliphatic rings. The van der Waals surface area contributed by atoms with E-state index in [0.29, 0.717) is 54.4 Å². The number of aryl methyl sites for hydroxylation is 1. The Labute approximate surface area is 298 Å². The number of benzene rings is 3. The van der Waals surface area contributed by atoms with Crippen molar-refractivity contribution in [1.29, 1.82) is 0 Å². The normalized spacial score (nSPS) is 13.2. The van der Waals surface area contributed by atoms with Crippen LogP contribution in [0.4, 0.5) is 26.1 Å². The lowest BCUT2D eigenvalue weighted by Crippen LogP contribution is -2.49. The molecule has 5 heterocycles. The number of rotatable bonds is 7. The zero-order chi connectivity index (χ0) is 36.8. The molecule has 0 aliphatic carbocycles. The second-order valence-corrected chi connectivity index (χ2v) is 12.5. The highest BCUT2D eigenvalue weighted by molar-refractivity contribution is 5.95. The lowest BCUT2D eigenvalue weighted by Gasteiger charge is -2.36. The summed E-state index contributed by atoms with van der Waals surface area (Å²) in [5.41, 5.74) is 1.27. The Hall–Kier alpha value is -6.97. The average molecular weight is 717 g/mol. The third kappa shape index (κ3) is 6.09. The number of amides is 1. The molecule has 1 amide bonds. The van der Waals surface area contributed by atoms with Gasteiger partial charge in [0.15, 0.2) is 5.65 Å². The molecule has 8 rings (SSSR count). The van der Waals surface area contributed by atoms with E-state index in [1.165, 1.54) is 39.7 Å². The number of fused-ring (bicyclic) bond motifs is 2. The predicted molar refractivity (Wildman–Crippen MR) is 194 cm³/mol. The molecule has 3 aromatic carbocycles. The van der Waals surface area contributed by atoms with Crippen molar-refractivity contribution in [1.82, 2.24) is 38.8 Å². The van der Waals surface area contributed by atoms with E-state index in [2.05, 4.69) is 30.2 Å². The lowest BCUT2D eigenvalue weighted by molar-refractivity contribution is 0.0742. The minimum atomic E-state index is -0.840.